The molecule has 1 fully saturated rings. The summed E-state index contributed by atoms with van der Waals surface area (Å²) in [6, 6.07) is 27.2. The second-order valence-corrected chi connectivity index (χ2v) is 7.11. The van der Waals surface area contributed by atoms with Crippen molar-refractivity contribution in [2.45, 2.75) is 18.9 Å². The lowest BCUT2D eigenvalue weighted by atomic mass is 9.91. The lowest BCUT2D eigenvalue weighted by Gasteiger charge is -2.39. The van der Waals surface area contributed by atoms with Gasteiger partial charge in [0, 0.05) is 18.7 Å². The van der Waals surface area contributed by atoms with Crippen LogP contribution in [-0.2, 0) is 10.3 Å². The first-order chi connectivity index (χ1) is 13.6. The number of ether oxygens (including phenoxy) is 1. The second-order valence-electron chi connectivity index (χ2n) is 7.11. The van der Waals surface area contributed by atoms with Gasteiger partial charge in [-0.15, -0.1) is 0 Å². The second kappa shape index (κ2) is 7.21. The highest BCUT2D eigenvalue weighted by molar-refractivity contribution is 5.90. The summed E-state index contributed by atoms with van der Waals surface area (Å²) < 4.78 is 5.85. The van der Waals surface area contributed by atoms with Crippen LogP contribution < -0.4 is 4.90 Å². The average molecular weight is 368 g/mol. The quantitative estimate of drug-likeness (QED) is 0.614. The maximum Gasteiger partial charge on any atom is 0.415 e. The van der Waals surface area contributed by atoms with Crippen LogP contribution in [0.2, 0.25) is 0 Å². The monoisotopic (exact) mass is 368 g/mol. The molecule has 0 spiro atoms. The summed E-state index contributed by atoms with van der Waals surface area (Å²) in [5.41, 5.74) is 3.69. The fraction of sp³-hybridized carbons (Fsp3) is 0.167. The summed E-state index contributed by atoms with van der Waals surface area (Å²) in [5, 5.41) is 9.13. The molecule has 0 saturated carbocycles. The standard InChI is InChI=1S/C24H20N2O2/c1-24(21-10-3-2-4-11-21)13-14-26(23(27)28-24)22-12-6-9-20(16-22)19-8-5-7-18(15-19)17-25/h2-12,15-16H,13-14H2,1H3/t24-/m1/s1. The van der Waals surface area contributed by atoms with Gasteiger partial charge in [0.1, 0.15) is 5.60 Å². The molecule has 4 nitrogen and oxygen atoms in total. The Morgan fingerprint density at radius 3 is 2.39 bits per heavy atom. The van der Waals surface area contributed by atoms with Crippen molar-refractivity contribution in [1.82, 2.24) is 0 Å². The predicted molar refractivity (Wildman–Crippen MR) is 109 cm³/mol. The molecule has 4 heteroatoms. The van der Waals surface area contributed by atoms with Crippen molar-refractivity contribution in [1.29, 1.82) is 5.26 Å². The van der Waals surface area contributed by atoms with E-state index in [9.17, 15) is 4.79 Å². The zero-order valence-electron chi connectivity index (χ0n) is 15.6. The molecule has 0 bridgehead atoms. The van der Waals surface area contributed by atoms with E-state index in [1.807, 2.05) is 79.7 Å². The van der Waals surface area contributed by atoms with Gasteiger partial charge in [-0.05, 0) is 47.9 Å². The van der Waals surface area contributed by atoms with Crippen LogP contribution in [-0.4, -0.2) is 12.6 Å². The largest absolute Gasteiger partial charge is 0.438 e. The van der Waals surface area contributed by atoms with E-state index in [1.165, 1.54) is 0 Å². The van der Waals surface area contributed by atoms with Crippen LogP contribution >= 0.6 is 0 Å². The lowest BCUT2D eigenvalue weighted by molar-refractivity contribution is 0.00583. The Labute approximate surface area is 164 Å². The Bertz CT molecular complexity index is 1060. The van der Waals surface area contributed by atoms with Gasteiger partial charge in [-0.2, -0.15) is 5.26 Å². The smallest absolute Gasteiger partial charge is 0.415 e. The number of amides is 1. The van der Waals surface area contributed by atoms with E-state index in [0.29, 0.717) is 18.5 Å². The number of benzene rings is 3. The molecule has 1 atom stereocenters. The molecule has 1 aliphatic rings. The van der Waals surface area contributed by atoms with Gasteiger partial charge in [-0.1, -0.05) is 54.6 Å². The fourth-order valence-electron chi connectivity index (χ4n) is 3.57. The topological polar surface area (TPSA) is 53.3 Å². The van der Waals surface area contributed by atoms with Gasteiger partial charge in [0.05, 0.1) is 11.6 Å². The van der Waals surface area contributed by atoms with E-state index in [0.717, 1.165) is 22.4 Å². The summed E-state index contributed by atoms with van der Waals surface area (Å²) in [5.74, 6) is 0. The van der Waals surface area contributed by atoms with E-state index in [2.05, 4.69) is 6.07 Å². The molecular formula is C24H20N2O2. The molecule has 1 aliphatic heterocycles. The minimum absolute atomic E-state index is 0.347. The number of carbonyl (C=O) groups excluding carboxylic acids is 1. The van der Waals surface area contributed by atoms with Crippen LogP contribution in [0, 0.1) is 11.3 Å². The Kier molecular flexibility index (Phi) is 4.58. The first kappa shape index (κ1) is 17.8. The van der Waals surface area contributed by atoms with Crippen molar-refractivity contribution < 1.29 is 9.53 Å². The number of carbonyl (C=O) groups is 1. The summed E-state index contributed by atoms with van der Waals surface area (Å²) >= 11 is 0. The molecular weight excluding hydrogens is 348 g/mol. The van der Waals surface area contributed by atoms with Crippen molar-refractivity contribution in [3.63, 3.8) is 0 Å². The lowest BCUT2D eigenvalue weighted by Crippen LogP contribution is -2.46. The van der Waals surface area contributed by atoms with Crippen LogP contribution in [0.25, 0.3) is 11.1 Å². The third-order valence-electron chi connectivity index (χ3n) is 5.21. The normalized spacial score (nSPS) is 19.0. The van der Waals surface area contributed by atoms with E-state index >= 15 is 0 Å². The Morgan fingerprint density at radius 1 is 0.964 bits per heavy atom. The predicted octanol–water partition coefficient (Wildman–Crippen LogP) is 5.49. The van der Waals surface area contributed by atoms with Gasteiger partial charge >= 0.3 is 6.09 Å². The molecule has 28 heavy (non-hydrogen) atoms. The molecule has 0 aromatic heterocycles. The molecule has 3 aromatic carbocycles. The van der Waals surface area contributed by atoms with Gasteiger partial charge in [-0.25, -0.2) is 4.79 Å². The van der Waals surface area contributed by atoms with Crippen LogP contribution in [0.4, 0.5) is 10.5 Å². The number of hydrogen-bond donors (Lipinski definition) is 0. The van der Waals surface area contributed by atoms with E-state index in [4.69, 9.17) is 10.00 Å². The Morgan fingerprint density at radius 2 is 1.68 bits per heavy atom. The molecule has 1 heterocycles. The van der Waals surface area contributed by atoms with Crippen molar-refractivity contribution in [3.05, 3.63) is 90.0 Å². The van der Waals surface area contributed by atoms with Crippen molar-refractivity contribution in [2.75, 3.05) is 11.4 Å². The number of rotatable bonds is 3. The van der Waals surface area contributed by atoms with Gasteiger partial charge in [0.25, 0.3) is 0 Å². The summed E-state index contributed by atoms with van der Waals surface area (Å²) in [7, 11) is 0. The van der Waals surface area contributed by atoms with Crippen LogP contribution in [0.5, 0.6) is 0 Å². The molecule has 0 unspecified atom stereocenters. The molecule has 138 valence electrons. The molecule has 0 aliphatic carbocycles. The SMILES string of the molecule is C[C@]1(c2ccccc2)CCN(c2cccc(-c3cccc(C#N)c3)c2)C(=O)O1. The van der Waals surface area contributed by atoms with E-state index in [1.54, 1.807) is 11.0 Å². The van der Waals surface area contributed by atoms with E-state index < -0.39 is 5.60 Å². The van der Waals surface area contributed by atoms with Crippen molar-refractivity contribution in [3.8, 4) is 17.2 Å². The third-order valence-corrected chi connectivity index (χ3v) is 5.21. The fourth-order valence-corrected chi connectivity index (χ4v) is 3.57. The maximum atomic E-state index is 12.8. The summed E-state index contributed by atoms with van der Waals surface area (Å²) in [6.45, 7) is 2.54. The Hall–Kier alpha value is -3.58. The van der Waals surface area contributed by atoms with Crippen LogP contribution in [0.3, 0.4) is 0 Å². The molecule has 0 N–H and O–H groups in total. The first-order valence-corrected chi connectivity index (χ1v) is 9.26. The maximum absolute atomic E-state index is 12.8. The zero-order chi connectivity index (χ0) is 19.6. The van der Waals surface area contributed by atoms with Gasteiger partial charge in [-0.3, -0.25) is 4.90 Å². The molecule has 1 saturated heterocycles. The number of nitriles is 1. The minimum Gasteiger partial charge on any atom is -0.438 e. The van der Waals surface area contributed by atoms with Gasteiger partial charge < -0.3 is 4.74 Å². The highest BCUT2D eigenvalue weighted by atomic mass is 16.6. The summed E-state index contributed by atoms with van der Waals surface area (Å²) in [6.07, 6.45) is 0.359. The Balaban J connectivity index is 1.59. The first-order valence-electron chi connectivity index (χ1n) is 9.26. The number of hydrogen-bond acceptors (Lipinski definition) is 3. The minimum atomic E-state index is -0.617. The van der Waals surface area contributed by atoms with Crippen molar-refractivity contribution >= 4 is 11.8 Å². The highest BCUT2D eigenvalue weighted by Gasteiger charge is 2.38. The van der Waals surface area contributed by atoms with Crippen LogP contribution in [0.1, 0.15) is 24.5 Å². The number of nitrogens with zero attached hydrogens (tertiary/aromatic N) is 2. The molecule has 4 rings (SSSR count). The van der Waals surface area contributed by atoms with Crippen LogP contribution in [0.15, 0.2) is 78.9 Å². The number of cyclic esters (lactones) is 1. The van der Waals surface area contributed by atoms with Crippen molar-refractivity contribution in [2.24, 2.45) is 0 Å². The third kappa shape index (κ3) is 3.35. The average Bonchev–Trinajstić information content (AvgIpc) is 2.74. The zero-order valence-corrected chi connectivity index (χ0v) is 15.6. The van der Waals surface area contributed by atoms with Gasteiger partial charge in [0.15, 0.2) is 0 Å². The summed E-state index contributed by atoms with van der Waals surface area (Å²) in [4.78, 5) is 14.5. The van der Waals surface area contributed by atoms with Gasteiger partial charge in [0.2, 0.25) is 0 Å². The molecule has 0 radical (unpaired) electrons. The highest BCUT2D eigenvalue weighted by Crippen LogP contribution is 2.36. The molecule has 3 aromatic rings. The molecule has 1 amide bonds. The van der Waals surface area contributed by atoms with E-state index in [-0.39, 0.29) is 6.09 Å². The number of anilines is 1.